The molecule has 9 nitrogen and oxygen atoms in total. The number of amides is 2. The summed E-state index contributed by atoms with van der Waals surface area (Å²) in [6.07, 6.45) is 3.65. The smallest absolute Gasteiger partial charge is 0.352 e. The minimum atomic E-state index is -0.513. The van der Waals surface area contributed by atoms with Crippen LogP contribution in [0.2, 0.25) is 0 Å². The summed E-state index contributed by atoms with van der Waals surface area (Å²) in [7, 11) is 3.85. The highest BCUT2D eigenvalue weighted by Gasteiger charge is 2.49. The van der Waals surface area contributed by atoms with Crippen LogP contribution in [0.5, 0.6) is 0 Å². The van der Waals surface area contributed by atoms with Gasteiger partial charge in [-0.05, 0) is 51.2 Å². The summed E-state index contributed by atoms with van der Waals surface area (Å²) in [6, 6.07) is 5.42. The number of nitrogens with zero attached hydrogens (tertiary/aromatic N) is 5. The Balaban J connectivity index is 1.56. The third-order valence-electron chi connectivity index (χ3n) is 7.16. The second-order valence-corrected chi connectivity index (χ2v) is 9.54. The lowest BCUT2D eigenvalue weighted by Gasteiger charge is -2.47. The fraction of sp³-hybridized carbons (Fsp3) is 0.583. The van der Waals surface area contributed by atoms with Crippen LogP contribution in [0.1, 0.15) is 36.0 Å². The maximum Gasteiger partial charge on any atom is 0.352 e. The lowest BCUT2D eigenvalue weighted by Crippen LogP contribution is -2.58. The Morgan fingerprint density at radius 1 is 1.12 bits per heavy atom. The molecule has 10 heteroatoms. The van der Waals surface area contributed by atoms with Crippen LogP contribution in [0.15, 0.2) is 35.7 Å². The molecule has 0 radical (unpaired) electrons. The molecule has 2 atom stereocenters. The van der Waals surface area contributed by atoms with Crippen LogP contribution >= 0.6 is 0 Å². The van der Waals surface area contributed by atoms with Gasteiger partial charge >= 0.3 is 11.6 Å². The number of halogens is 1. The number of piperazine rings is 1. The molecule has 0 spiro atoms. The van der Waals surface area contributed by atoms with Crippen molar-refractivity contribution in [2.24, 2.45) is 5.92 Å². The molecule has 184 valence electrons. The maximum absolute atomic E-state index is 13.4. The van der Waals surface area contributed by atoms with Crippen molar-refractivity contribution in [1.29, 1.82) is 0 Å². The van der Waals surface area contributed by atoms with Crippen molar-refractivity contribution in [3.05, 3.63) is 57.2 Å². The summed E-state index contributed by atoms with van der Waals surface area (Å²) >= 11 is 0. The van der Waals surface area contributed by atoms with Gasteiger partial charge in [0, 0.05) is 56.8 Å². The predicted molar refractivity (Wildman–Crippen MR) is 124 cm³/mol. The van der Waals surface area contributed by atoms with E-state index in [-0.39, 0.29) is 23.6 Å². The van der Waals surface area contributed by atoms with E-state index in [0.29, 0.717) is 50.5 Å². The molecule has 1 aromatic carbocycles. The first kappa shape index (κ1) is 24.1. The van der Waals surface area contributed by atoms with Crippen LogP contribution in [0.25, 0.3) is 0 Å². The number of rotatable bonds is 6. The molecule has 1 aromatic rings. The second-order valence-electron chi connectivity index (χ2n) is 9.54. The molecule has 0 aromatic heterocycles. The van der Waals surface area contributed by atoms with Crippen LogP contribution in [-0.2, 0) is 4.79 Å². The van der Waals surface area contributed by atoms with E-state index in [1.165, 1.54) is 24.3 Å². The summed E-state index contributed by atoms with van der Waals surface area (Å²) in [4.78, 5) is 45.1. The Hall–Kier alpha value is -3.01. The minimum absolute atomic E-state index is 0.0289. The lowest BCUT2D eigenvalue weighted by molar-refractivity contribution is -0.424. The van der Waals surface area contributed by atoms with E-state index in [0.717, 1.165) is 25.7 Å². The van der Waals surface area contributed by atoms with E-state index >= 15 is 0 Å². The molecular weight excluding hydrogens is 441 g/mol. The van der Waals surface area contributed by atoms with Crippen molar-refractivity contribution in [3.8, 4) is 0 Å². The van der Waals surface area contributed by atoms with Gasteiger partial charge in [0.1, 0.15) is 11.5 Å². The topological polar surface area (TPSA) is 90.2 Å². The number of fused-ring (bicyclic) bond motifs is 1. The number of carbonyl (C=O) groups is 2. The Labute approximate surface area is 198 Å². The summed E-state index contributed by atoms with van der Waals surface area (Å²) in [6.45, 7) is 2.75. The van der Waals surface area contributed by atoms with Crippen LogP contribution < -0.4 is 0 Å². The molecule has 2 fully saturated rings. The molecule has 1 aliphatic carbocycles. The Bertz CT molecular complexity index is 972. The van der Waals surface area contributed by atoms with Crippen LogP contribution in [0.3, 0.4) is 0 Å². The molecular formula is C24H32FN5O4. The molecule has 4 rings (SSSR count). The molecule has 2 unspecified atom stereocenters. The molecule has 2 aliphatic heterocycles. The van der Waals surface area contributed by atoms with E-state index in [1.54, 1.807) is 9.80 Å². The van der Waals surface area contributed by atoms with Crippen molar-refractivity contribution in [3.63, 3.8) is 0 Å². The SMILES string of the molecule is CN(C)CCN1C(=O)C([N+](=O)[O-])=C(N2CCN(C(=O)c3ccc(F)cc3)CC2)C2CCCCC21. The van der Waals surface area contributed by atoms with Crippen molar-refractivity contribution in [2.45, 2.75) is 31.7 Å². The highest BCUT2D eigenvalue weighted by molar-refractivity contribution is 5.94. The largest absolute Gasteiger partial charge is 0.365 e. The zero-order chi connectivity index (χ0) is 24.4. The van der Waals surface area contributed by atoms with Crippen LogP contribution in [0, 0.1) is 21.8 Å². The average molecular weight is 474 g/mol. The van der Waals surface area contributed by atoms with E-state index in [1.807, 2.05) is 23.9 Å². The third kappa shape index (κ3) is 4.77. The van der Waals surface area contributed by atoms with E-state index in [9.17, 15) is 24.1 Å². The number of hydrogen-bond acceptors (Lipinski definition) is 6. The van der Waals surface area contributed by atoms with Gasteiger partial charge in [0.15, 0.2) is 0 Å². The average Bonchev–Trinajstić information content (AvgIpc) is 2.82. The fourth-order valence-corrected chi connectivity index (χ4v) is 5.43. The fourth-order valence-electron chi connectivity index (χ4n) is 5.43. The number of carbonyl (C=O) groups excluding carboxylic acids is 2. The van der Waals surface area contributed by atoms with Crippen molar-refractivity contribution < 1.29 is 18.9 Å². The highest BCUT2D eigenvalue weighted by atomic mass is 19.1. The maximum atomic E-state index is 13.4. The lowest BCUT2D eigenvalue weighted by atomic mass is 9.77. The zero-order valence-corrected chi connectivity index (χ0v) is 19.8. The third-order valence-corrected chi connectivity index (χ3v) is 7.16. The van der Waals surface area contributed by atoms with Gasteiger partial charge < -0.3 is 19.6 Å². The summed E-state index contributed by atoms with van der Waals surface area (Å²) in [5.41, 5.74) is 0.659. The van der Waals surface area contributed by atoms with Gasteiger partial charge in [-0.15, -0.1) is 0 Å². The number of nitro groups is 1. The normalized spacial score (nSPS) is 23.4. The highest BCUT2D eigenvalue weighted by Crippen LogP contribution is 2.41. The van der Waals surface area contributed by atoms with Gasteiger partial charge in [-0.3, -0.25) is 19.7 Å². The molecule has 2 amide bonds. The Kier molecular flexibility index (Phi) is 7.16. The van der Waals surface area contributed by atoms with Gasteiger partial charge in [0.05, 0.1) is 4.92 Å². The van der Waals surface area contributed by atoms with Crippen molar-refractivity contribution in [1.82, 2.24) is 19.6 Å². The summed E-state index contributed by atoms with van der Waals surface area (Å²) in [5, 5.41) is 12.1. The number of benzene rings is 1. The predicted octanol–water partition coefficient (Wildman–Crippen LogP) is 2.03. The number of hydrogen-bond donors (Lipinski definition) is 0. The van der Waals surface area contributed by atoms with Gasteiger partial charge in [-0.25, -0.2) is 4.39 Å². The molecule has 1 saturated heterocycles. The van der Waals surface area contributed by atoms with Crippen molar-refractivity contribution in [2.75, 3.05) is 53.4 Å². The molecule has 0 N–H and O–H groups in total. The number of likely N-dealkylation sites (N-methyl/N-ethyl adjacent to an activating group) is 1. The van der Waals surface area contributed by atoms with E-state index in [4.69, 9.17) is 0 Å². The Morgan fingerprint density at radius 3 is 2.38 bits per heavy atom. The van der Waals surface area contributed by atoms with E-state index < -0.39 is 16.6 Å². The van der Waals surface area contributed by atoms with Gasteiger partial charge in [0.25, 0.3) is 5.91 Å². The molecule has 0 bridgehead atoms. The Morgan fingerprint density at radius 2 is 1.76 bits per heavy atom. The molecule has 3 aliphatic rings. The minimum Gasteiger partial charge on any atom is -0.365 e. The quantitative estimate of drug-likeness (QED) is 0.464. The molecule has 34 heavy (non-hydrogen) atoms. The van der Waals surface area contributed by atoms with E-state index in [2.05, 4.69) is 0 Å². The first-order chi connectivity index (χ1) is 16.3. The van der Waals surface area contributed by atoms with Crippen LogP contribution in [0.4, 0.5) is 4.39 Å². The van der Waals surface area contributed by atoms with Crippen LogP contribution in [-0.4, -0.2) is 95.7 Å². The monoisotopic (exact) mass is 473 g/mol. The molecule has 1 saturated carbocycles. The zero-order valence-electron chi connectivity index (χ0n) is 19.8. The summed E-state index contributed by atoms with van der Waals surface area (Å²) in [5.74, 6) is -1.14. The second kappa shape index (κ2) is 10.1. The first-order valence-electron chi connectivity index (χ1n) is 11.9. The van der Waals surface area contributed by atoms with Crippen molar-refractivity contribution >= 4 is 11.8 Å². The summed E-state index contributed by atoms with van der Waals surface area (Å²) < 4.78 is 13.2. The van der Waals surface area contributed by atoms with Gasteiger partial charge in [0.2, 0.25) is 0 Å². The molecule has 2 heterocycles. The first-order valence-corrected chi connectivity index (χ1v) is 11.9. The standard InChI is InChI=1S/C24H32FN5O4/c1-26(2)11-16-29-20-6-4-3-5-19(20)21(22(24(29)32)30(33)34)27-12-14-28(15-13-27)23(31)17-7-9-18(25)10-8-17/h7-10,19-20H,3-6,11-16H2,1-2H3. The van der Waals surface area contributed by atoms with Gasteiger partial charge in [-0.1, -0.05) is 12.8 Å². The van der Waals surface area contributed by atoms with Gasteiger partial charge in [-0.2, -0.15) is 0 Å².